The van der Waals surface area contributed by atoms with Gasteiger partial charge in [-0.1, -0.05) is 24.3 Å². The molecule has 3 heteroatoms. The highest BCUT2D eigenvalue weighted by Crippen LogP contribution is 2.24. The summed E-state index contributed by atoms with van der Waals surface area (Å²) in [5.41, 5.74) is 2.86. The SMILES string of the molecule is Cc1cccc(CO)c1OCc1cccnc1. The van der Waals surface area contributed by atoms with Gasteiger partial charge in [-0.15, -0.1) is 0 Å². The Morgan fingerprint density at radius 3 is 2.82 bits per heavy atom. The molecule has 0 radical (unpaired) electrons. The van der Waals surface area contributed by atoms with Crippen LogP contribution in [0.5, 0.6) is 5.75 Å². The van der Waals surface area contributed by atoms with E-state index in [4.69, 9.17) is 4.74 Å². The van der Waals surface area contributed by atoms with Crippen molar-refractivity contribution >= 4 is 0 Å². The molecule has 0 spiro atoms. The molecule has 17 heavy (non-hydrogen) atoms. The normalized spacial score (nSPS) is 10.2. The lowest BCUT2D eigenvalue weighted by Crippen LogP contribution is -2.00. The molecule has 0 amide bonds. The van der Waals surface area contributed by atoms with E-state index >= 15 is 0 Å². The number of benzene rings is 1. The molecular formula is C14H15NO2. The molecule has 0 bridgehead atoms. The van der Waals surface area contributed by atoms with Crippen LogP contribution in [-0.2, 0) is 13.2 Å². The Labute approximate surface area is 101 Å². The summed E-state index contributed by atoms with van der Waals surface area (Å²) < 4.78 is 5.74. The van der Waals surface area contributed by atoms with Crippen LogP contribution in [0, 0.1) is 6.92 Å². The standard InChI is InChI=1S/C14H15NO2/c1-11-4-2-6-13(9-16)14(11)17-10-12-5-3-7-15-8-12/h2-8,16H,9-10H2,1H3. The number of ether oxygens (including phenoxy) is 1. The quantitative estimate of drug-likeness (QED) is 0.875. The summed E-state index contributed by atoms with van der Waals surface area (Å²) >= 11 is 0. The molecule has 0 saturated carbocycles. The molecule has 2 rings (SSSR count). The maximum Gasteiger partial charge on any atom is 0.128 e. The van der Waals surface area contributed by atoms with E-state index in [2.05, 4.69) is 4.98 Å². The maximum absolute atomic E-state index is 9.25. The third-order valence-corrected chi connectivity index (χ3v) is 2.57. The first-order chi connectivity index (χ1) is 8.31. The maximum atomic E-state index is 9.25. The zero-order valence-corrected chi connectivity index (χ0v) is 9.76. The number of para-hydroxylation sites is 1. The molecule has 3 nitrogen and oxygen atoms in total. The summed E-state index contributed by atoms with van der Waals surface area (Å²) in [6, 6.07) is 9.59. The molecule has 88 valence electrons. The summed E-state index contributed by atoms with van der Waals surface area (Å²) in [6.45, 7) is 2.42. The zero-order valence-electron chi connectivity index (χ0n) is 9.76. The van der Waals surface area contributed by atoms with Crippen LogP contribution in [0.25, 0.3) is 0 Å². The molecule has 0 atom stereocenters. The number of hydrogen-bond acceptors (Lipinski definition) is 3. The number of aromatic nitrogens is 1. The van der Waals surface area contributed by atoms with Crippen molar-refractivity contribution in [3.8, 4) is 5.75 Å². The van der Waals surface area contributed by atoms with Gasteiger partial charge in [0.1, 0.15) is 12.4 Å². The topological polar surface area (TPSA) is 42.4 Å². The lowest BCUT2D eigenvalue weighted by molar-refractivity contribution is 0.258. The van der Waals surface area contributed by atoms with Crippen molar-refractivity contribution < 1.29 is 9.84 Å². The van der Waals surface area contributed by atoms with E-state index in [-0.39, 0.29) is 6.61 Å². The van der Waals surface area contributed by atoms with Gasteiger partial charge in [0.25, 0.3) is 0 Å². The Morgan fingerprint density at radius 1 is 1.24 bits per heavy atom. The summed E-state index contributed by atoms with van der Waals surface area (Å²) in [5.74, 6) is 0.763. The Balaban J connectivity index is 2.14. The summed E-state index contributed by atoms with van der Waals surface area (Å²) in [6.07, 6.45) is 3.51. The van der Waals surface area contributed by atoms with E-state index in [1.54, 1.807) is 12.4 Å². The molecule has 0 saturated heterocycles. The van der Waals surface area contributed by atoms with Gasteiger partial charge in [0.2, 0.25) is 0 Å². The summed E-state index contributed by atoms with van der Waals surface area (Å²) in [7, 11) is 0. The molecule has 0 unspecified atom stereocenters. The lowest BCUT2D eigenvalue weighted by atomic mass is 10.1. The van der Waals surface area contributed by atoms with Crippen molar-refractivity contribution in [3.63, 3.8) is 0 Å². The predicted molar refractivity (Wildman–Crippen MR) is 65.7 cm³/mol. The van der Waals surface area contributed by atoms with Crippen molar-refractivity contribution in [3.05, 3.63) is 59.4 Å². The summed E-state index contributed by atoms with van der Waals surface area (Å²) in [5, 5.41) is 9.25. The molecule has 1 N–H and O–H groups in total. The van der Waals surface area contributed by atoms with Crippen molar-refractivity contribution in [2.24, 2.45) is 0 Å². The Hall–Kier alpha value is -1.87. The summed E-state index contributed by atoms with van der Waals surface area (Å²) in [4.78, 5) is 4.03. The van der Waals surface area contributed by atoms with E-state index in [9.17, 15) is 5.11 Å². The molecular weight excluding hydrogens is 214 g/mol. The number of pyridine rings is 1. The van der Waals surface area contributed by atoms with Gasteiger partial charge in [-0.05, 0) is 18.6 Å². The minimum Gasteiger partial charge on any atom is -0.488 e. The van der Waals surface area contributed by atoms with Crippen molar-refractivity contribution in [1.82, 2.24) is 4.98 Å². The van der Waals surface area contributed by atoms with Crippen molar-refractivity contribution in [2.45, 2.75) is 20.1 Å². The fraction of sp³-hybridized carbons (Fsp3) is 0.214. The largest absolute Gasteiger partial charge is 0.488 e. The van der Waals surface area contributed by atoms with E-state index in [0.29, 0.717) is 6.61 Å². The third kappa shape index (κ3) is 2.82. The Bertz CT molecular complexity index is 483. The van der Waals surface area contributed by atoms with Crippen LogP contribution in [0.4, 0.5) is 0 Å². The van der Waals surface area contributed by atoms with Gasteiger partial charge in [0.05, 0.1) is 6.61 Å². The van der Waals surface area contributed by atoms with Crippen LogP contribution in [0.3, 0.4) is 0 Å². The number of nitrogens with zero attached hydrogens (tertiary/aromatic N) is 1. The fourth-order valence-electron chi connectivity index (χ4n) is 1.68. The van der Waals surface area contributed by atoms with Crippen LogP contribution in [0.2, 0.25) is 0 Å². The predicted octanol–water partition coefficient (Wildman–Crippen LogP) is 2.46. The van der Waals surface area contributed by atoms with Crippen molar-refractivity contribution in [2.75, 3.05) is 0 Å². The number of hydrogen-bond donors (Lipinski definition) is 1. The average Bonchev–Trinajstić information content (AvgIpc) is 2.38. The first kappa shape index (κ1) is 11.6. The minimum atomic E-state index is -0.00987. The molecule has 0 aliphatic heterocycles. The van der Waals surface area contributed by atoms with Gasteiger partial charge in [0.15, 0.2) is 0 Å². The van der Waals surface area contributed by atoms with Gasteiger partial charge >= 0.3 is 0 Å². The average molecular weight is 229 g/mol. The zero-order chi connectivity index (χ0) is 12.1. The monoisotopic (exact) mass is 229 g/mol. The molecule has 0 aliphatic rings. The Morgan fingerprint density at radius 2 is 2.12 bits per heavy atom. The first-order valence-electron chi connectivity index (χ1n) is 5.52. The van der Waals surface area contributed by atoms with E-state index in [1.807, 2.05) is 37.3 Å². The third-order valence-electron chi connectivity index (χ3n) is 2.57. The molecule has 1 aromatic carbocycles. The molecule has 1 heterocycles. The number of rotatable bonds is 4. The van der Waals surface area contributed by atoms with Gasteiger partial charge in [0, 0.05) is 23.5 Å². The molecule has 0 fully saturated rings. The highest BCUT2D eigenvalue weighted by atomic mass is 16.5. The van der Waals surface area contributed by atoms with Gasteiger partial charge in [-0.2, -0.15) is 0 Å². The van der Waals surface area contributed by atoms with Gasteiger partial charge in [-0.25, -0.2) is 0 Å². The first-order valence-corrected chi connectivity index (χ1v) is 5.52. The van der Waals surface area contributed by atoms with E-state index in [0.717, 1.165) is 22.4 Å². The van der Waals surface area contributed by atoms with Crippen LogP contribution >= 0.6 is 0 Å². The smallest absolute Gasteiger partial charge is 0.128 e. The molecule has 2 aromatic rings. The van der Waals surface area contributed by atoms with Crippen LogP contribution in [0.1, 0.15) is 16.7 Å². The van der Waals surface area contributed by atoms with Crippen LogP contribution in [-0.4, -0.2) is 10.1 Å². The number of aliphatic hydroxyl groups is 1. The van der Waals surface area contributed by atoms with Crippen molar-refractivity contribution in [1.29, 1.82) is 0 Å². The Kier molecular flexibility index (Phi) is 3.73. The molecule has 1 aromatic heterocycles. The van der Waals surface area contributed by atoms with Gasteiger partial charge < -0.3 is 9.84 Å². The molecule has 0 aliphatic carbocycles. The highest BCUT2D eigenvalue weighted by molar-refractivity contribution is 5.40. The number of aliphatic hydroxyl groups excluding tert-OH is 1. The highest BCUT2D eigenvalue weighted by Gasteiger charge is 2.06. The van der Waals surface area contributed by atoms with Gasteiger partial charge in [-0.3, -0.25) is 4.98 Å². The number of aryl methyl sites for hydroxylation is 1. The second-order valence-corrected chi connectivity index (χ2v) is 3.87. The minimum absolute atomic E-state index is 0.00987. The van der Waals surface area contributed by atoms with Crippen LogP contribution in [0.15, 0.2) is 42.7 Å². The lowest BCUT2D eigenvalue weighted by Gasteiger charge is -2.12. The van der Waals surface area contributed by atoms with E-state index < -0.39 is 0 Å². The van der Waals surface area contributed by atoms with E-state index in [1.165, 1.54) is 0 Å². The fourth-order valence-corrected chi connectivity index (χ4v) is 1.68. The van der Waals surface area contributed by atoms with Crippen LogP contribution < -0.4 is 4.74 Å². The second kappa shape index (κ2) is 5.46. The second-order valence-electron chi connectivity index (χ2n) is 3.87.